The molecule has 178 valence electrons. The van der Waals surface area contributed by atoms with Crippen molar-refractivity contribution in [2.75, 3.05) is 38.3 Å². The van der Waals surface area contributed by atoms with Crippen LogP contribution in [0.2, 0.25) is 0 Å². The van der Waals surface area contributed by atoms with Crippen LogP contribution in [0.3, 0.4) is 0 Å². The van der Waals surface area contributed by atoms with Crippen molar-refractivity contribution in [2.45, 2.75) is 19.4 Å². The molecule has 0 saturated carbocycles. The lowest BCUT2D eigenvalue weighted by atomic mass is 10.0. The molecule has 0 unspecified atom stereocenters. The van der Waals surface area contributed by atoms with Crippen LogP contribution in [0.1, 0.15) is 28.4 Å². The monoisotopic (exact) mass is 462 g/mol. The zero-order valence-electron chi connectivity index (χ0n) is 19.8. The number of carbonyl (C=O) groups is 1. The molecule has 1 aliphatic heterocycles. The first-order valence-electron chi connectivity index (χ1n) is 11.1. The van der Waals surface area contributed by atoms with E-state index in [1.807, 2.05) is 26.1 Å². The van der Waals surface area contributed by atoms with E-state index < -0.39 is 0 Å². The van der Waals surface area contributed by atoms with Gasteiger partial charge >= 0.3 is 0 Å². The van der Waals surface area contributed by atoms with Gasteiger partial charge in [-0.15, -0.1) is 5.10 Å². The third-order valence-corrected chi connectivity index (χ3v) is 6.00. The molecule has 0 radical (unpaired) electrons. The number of methoxy groups -OCH3 is 1. The molecule has 10 nitrogen and oxygen atoms in total. The third kappa shape index (κ3) is 4.44. The number of aryl methyl sites for hydroxylation is 1. The van der Waals surface area contributed by atoms with Crippen LogP contribution in [-0.4, -0.2) is 65.1 Å². The molecule has 0 spiro atoms. The summed E-state index contributed by atoms with van der Waals surface area (Å²) in [6.07, 6.45) is 1.98. The summed E-state index contributed by atoms with van der Waals surface area (Å²) < 4.78 is 7.15. The van der Waals surface area contributed by atoms with E-state index in [1.54, 1.807) is 37.0 Å². The van der Waals surface area contributed by atoms with Crippen LogP contribution < -0.4 is 21.1 Å². The van der Waals surface area contributed by atoms with E-state index >= 15 is 0 Å². The molecular formula is C24H30N8O2. The Kier molecular flexibility index (Phi) is 6.51. The smallest absolute Gasteiger partial charge is 0.255 e. The van der Waals surface area contributed by atoms with Crippen LogP contribution in [0.15, 0.2) is 30.3 Å². The number of hydrogen-bond donors (Lipinski definition) is 4. The Morgan fingerprint density at radius 2 is 2.06 bits per heavy atom. The molecule has 5 N–H and O–H groups in total. The number of aromatic nitrogens is 3. The summed E-state index contributed by atoms with van der Waals surface area (Å²) in [5, 5.41) is 18.6. The van der Waals surface area contributed by atoms with Gasteiger partial charge in [-0.05, 0) is 43.3 Å². The highest BCUT2D eigenvalue weighted by atomic mass is 16.5. The standard InChI is InChI=1S/C24H30N8O2/c1-5-16-18(11-25)19(26)8-9-20(16)28-24-29-22(30-32(24)3)14-6-7-17(21(10-14)34-4)23(33)27-15-12-31(2)13-15/h6-11,15,25H,5,12-13,26H2,1-4H3,(H,27,33)(H,28,29,30). The Morgan fingerprint density at radius 1 is 1.29 bits per heavy atom. The maximum atomic E-state index is 12.7. The number of carbonyl (C=O) groups excluding carboxylic acids is 1. The Balaban J connectivity index is 1.58. The van der Waals surface area contributed by atoms with Crippen molar-refractivity contribution in [2.24, 2.45) is 7.05 Å². The second kappa shape index (κ2) is 9.52. The van der Waals surface area contributed by atoms with Gasteiger partial charge in [0.1, 0.15) is 5.75 Å². The Hall–Kier alpha value is -3.92. The zero-order chi connectivity index (χ0) is 24.4. The number of nitrogens with two attached hydrogens (primary N) is 1. The molecule has 4 rings (SSSR count). The number of amides is 1. The summed E-state index contributed by atoms with van der Waals surface area (Å²) >= 11 is 0. The molecule has 34 heavy (non-hydrogen) atoms. The number of benzene rings is 2. The van der Waals surface area contributed by atoms with Crippen LogP contribution in [0, 0.1) is 5.41 Å². The number of nitrogens with zero attached hydrogens (tertiary/aromatic N) is 4. The highest BCUT2D eigenvalue weighted by Crippen LogP contribution is 2.30. The molecule has 2 aromatic carbocycles. The van der Waals surface area contributed by atoms with Gasteiger partial charge in [0.05, 0.1) is 18.7 Å². The summed E-state index contributed by atoms with van der Waals surface area (Å²) in [5.74, 6) is 1.35. The van der Waals surface area contributed by atoms with Crippen molar-refractivity contribution < 1.29 is 9.53 Å². The molecule has 10 heteroatoms. The fourth-order valence-electron chi connectivity index (χ4n) is 4.16. The van der Waals surface area contributed by atoms with Crippen molar-refractivity contribution in [1.29, 1.82) is 5.41 Å². The van der Waals surface area contributed by atoms with Gasteiger partial charge in [0.25, 0.3) is 5.91 Å². The number of likely N-dealkylation sites (N-methyl/N-ethyl adjacent to an activating group) is 1. The van der Waals surface area contributed by atoms with Gasteiger partial charge in [-0.1, -0.05) is 13.0 Å². The van der Waals surface area contributed by atoms with Crippen molar-refractivity contribution in [3.05, 3.63) is 47.0 Å². The number of likely N-dealkylation sites (tertiary alicyclic amines) is 1. The van der Waals surface area contributed by atoms with E-state index in [-0.39, 0.29) is 11.9 Å². The Morgan fingerprint density at radius 3 is 2.71 bits per heavy atom. The number of nitrogen functional groups attached to an aromatic ring is 1. The summed E-state index contributed by atoms with van der Waals surface area (Å²) in [5.41, 5.74) is 10.3. The third-order valence-electron chi connectivity index (χ3n) is 6.00. The maximum absolute atomic E-state index is 12.7. The second-order valence-electron chi connectivity index (χ2n) is 8.41. The lowest BCUT2D eigenvalue weighted by Crippen LogP contribution is -2.57. The first-order chi connectivity index (χ1) is 16.3. The SMILES string of the molecule is CCc1c(Nc2nc(-c3ccc(C(=O)NC4CN(C)C4)c(OC)c3)nn2C)ccc(N)c1C=N. The Labute approximate surface area is 198 Å². The van der Waals surface area contributed by atoms with Crippen LogP contribution in [0.5, 0.6) is 5.75 Å². The van der Waals surface area contributed by atoms with E-state index in [0.29, 0.717) is 40.8 Å². The fourth-order valence-corrected chi connectivity index (χ4v) is 4.16. The van der Waals surface area contributed by atoms with E-state index in [4.69, 9.17) is 15.9 Å². The van der Waals surface area contributed by atoms with Gasteiger partial charge in [0, 0.05) is 48.9 Å². The zero-order valence-corrected chi connectivity index (χ0v) is 19.8. The molecule has 1 fully saturated rings. The average molecular weight is 463 g/mol. The van der Waals surface area contributed by atoms with Crippen LogP contribution >= 0.6 is 0 Å². The number of rotatable bonds is 8. The van der Waals surface area contributed by atoms with Crippen molar-refractivity contribution in [3.63, 3.8) is 0 Å². The van der Waals surface area contributed by atoms with Crippen LogP contribution in [0.25, 0.3) is 11.4 Å². The first-order valence-corrected chi connectivity index (χ1v) is 11.1. The second-order valence-corrected chi connectivity index (χ2v) is 8.41. The average Bonchev–Trinajstić information content (AvgIpc) is 3.18. The molecule has 0 aliphatic carbocycles. The van der Waals surface area contributed by atoms with Gasteiger partial charge in [-0.2, -0.15) is 4.98 Å². The normalized spacial score (nSPS) is 13.9. The predicted octanol–water partition coefficient (Wildman–Crippen LogP) is 2.42. The minimum absolute atomic E-state index is 0.155. The largest absolute Gasteiger partial charge is 0.496 e. The molecule has 1 amide bonds. The molecule has 3 aromatic rings. The number of hydrogen-bond acceptors (Lipinski definition) is 8. The lowest BCUT2D eigenvalue weighted by Gasteiger charge is -2.36. The first kappa shape index (κ1) is 23.2. The predicted molar refractivity (Wildman–Crippen MR) is 133 cm³/mol. The molecule has 0 bridgehead atoms. The van der Waals surface area contributed by atoms with Crippen LogP contribution in [-0.2, 0) is 13.5 Å². The van der Waals surface area contributed by atoms with Crippen molar-refractivity contribution in [3.8, 4) is 17.1 Å². The molecule has 1 saturated heterocycles. The van der Waals surface area contributed by atoms with Gasteiger partial charge in [0.2, 0.25) is 5.95 Å². The molecule has 0 atom stereocenters. The van der Waals surface area contributed by atoms with E-state index in [9.17, 15) is 4.79 Å². The minimum atomic E-state index is -0.157. The molecule has 1 aromatic heterocycles. The van der Waals surface area contributed by atoms with Crippen molar-refractivity contribution >= 4 is 29.4 Å². The van der Waals surface area contributed by atoms with Gasteiger partial charge in [0.15, 0.2) is 5.82 Å². The van der Waals surface area contributed by atoms with E-state index in [1.165, 1.54) is 6.21 Å². The van der Waals surface area contributed by atoms with E-state index in [2.05, 4.69) is 25.6 Å². The maximum Gasteiger partial charge on any atom is 0.255 e. The Bertz CT molecular complexity index is 1230. The van der Waals surface area contributed by atoms with Gasteiger partial charge in [-0.25, -0.2) is 4.68 Å². The summed E-state index contributed by atoms with van der Waals surface area (Å²) in [6, 6.07) is 9.14. The van der Waals surface area contributed by atoms with Crippen LogP contribution in [0.4, 0.5) is 17.3 Å². The lowest BCUT2D eigenvalue weighted by molar-refractivity contribution is 0.0855. The summed E-state index contributed by atoms with van der Waals surface area (Å²) in [4.78, 5) is 19.5. The highest BCUT2D eigenvalue weighted by Gasteiger charge is 2.26. The van der Waals surface area contributed by atoms with Gasteiger partial charge < -0.3 is 31.4 Å². The molecular weight excluding hydrogens is 432 g/mol. The fraction of sp³-hybridized carbons (Fsp3) is 0.333. The summed E-state index contributed by atoms with van der Waals surface area (Å²) in [6.45, 7) is 3.70. The topological polar surface area (TPSA) is 134 Å². The minimum Gasteiger partial charge on any atom is -0.496 e. The number of nitrogens with one attached hydrogen (secondary N) is 3. The number of ether oxygens (including phenoxy) is 1. The van der Waals surface area contributed by atoms with E-state index in [0.717, 1.165) is 29.9 Å². The highest BCUT2D eigenvalue weighted by molar-refractivity contribution is 5.98. The molecule has 2 heterocycles. The number of anilines is 3. The summed E-state index contributed by atoms with van der Waals surface area (Å²) in [7, 11) is 5.36. The van der Waals surface area contributed by atoms with Crippen molar-refractivity contribution in [1.82, 2.24) is 25.0 Å². The molecule has 1 aliphatic rings. The quantitative estimate of drug-likeness (QED) is 0.298. The van der Waals surface area contributed by atoms with Gasteiger partial charge in [-0.3, -0.25) is 4.79 Å².